The molecule has 0 unspecified atom stereocenters. The summed E-state index contributed by atoms with van der Waals surface area (Å²) in [7, 11) is 0. The van der Waals surface area contributed by atoms with Crippen molar-refractivity contribution in [2.45, 2.75) is 53.4 Å². The Morgan fingerprint density at radius 2 is 1.76 bits per heavy atom. The Morgan fingerprint density at radius 3 is 2.41 bits per heavy atom. The molecular weight excluding hydrogens is 424 g/mol. The SMILES string of the molecule is CCOc1nc2c(c(C)nn2-c2ccccc2)c(C)c1CCC(=O)Nc1ccc(C(C)C)cc1. The Hall–Kier alpha value is -3.67. The van der Waals surface area contributed by atoms with Crippen LogP contribution in [0.5, 0.6) is 5.88 Å². The van der Waals surface area contributed by atoms with Crippen molar-refractivity contribution >= 4 is 22.6 Å². The van der Waals surface area contributed by atoms with E-state index in [4.69, 9.17) is 14.8 Å². The number of nitrogens with one attached hydrogen (secondary N) is 1. The van der Waals surface area contributed by atoms with Gasteiger partial charge in [-0.2, -0.15) is 10.1 Å². The van der Waals surface area contributed by atoms with Gasteiger partial charge in [0.05, 0.1) is 18.0 Å². The molecule has 4 rings (SSSR count). The van der Waals surface area contributed by atoms with E-state index in [0.29, 0.717) is 31.2 Å². The Balaban J connectivity index is 1.60. The summed E-state index contributed by atoms with van der Waals surface area (Å²) in [6.45, 7) is 10.8. The molecule has 1 N–H and O–H groups in total. The third-order valence-electron chi connectivity index (χ3n) is 6.07. The van der Waals surface area contributed by atoms with Crippen LogP contribution in [0.25, 0.3) is 16.7 Å². The largest absolute Gasteiger partial charge is 0.478 e. The van der Waals surface area contributed by atoms with E-state index in [1.165, 1.54) is 5.56 Å². The van der Waals surface area contributed by atoms with Crippen molar-refractivity contribution in [1.82, 2.24) is 14.8 Å². The molecule has 2 heterocycles. The molecule has 34 heavy (non-hydrogen) atoms. The predicted molar refractivity (Wildman–Crippen MR) is 137 cm³/mol. The fourth-order valence-electron chi connectivity index (χ4n) is 4.25. The molecule has 0 bridgehead atoms. The summed E-state index contributed by atoms with van der Waals surface area (Å²) in [6.07, 6.45) is 0.877. The van der Waals surface area contributed by atoms with Crippen molar-refractivity contribution in [3.63, 3.8) is 0 Å². The van der Waals surface area contributed by atoms with Crippen LogP contribution in [0.3, 0.4) is 0 Å². The third kappa shape index (κ3) is 4.81. The van der Waals surface area contributed by atoms with Crippen LogP contribution in [-0.2, 0) is 11.2 Å². The average Bonchev–Trinajstić information content (AvgIpc) is 3.16. The molecule has 0 spiro atoms. The number of amides is 1. The van der Waals surface area contributed by atoms with Gasteiger partial charge >= 0.3 is 0 Å². The van der Waals surface area contributed by atoms with Crippen LogP contribution in [0.1, 0.15) is 55.5 Å². The quantitative estimate of drug-likeness (QED) is 0.346. The van der Waals surface area contributed by atoms with Gasteiger partial charge in [0.1, 0.15) is 0 Å². The number of benzene rings is 2. The number of nitrogens with zero attached hydrogens (tertiary/aromatic N) is 3. The summed E-state index contributed by atoms with van der Waals surface area (Å²) in [6, 6.07) is 18.0. The minimum absolute atomic E-state index is 0.0315. The van der Waals surface area contributed by atoms with Gasteiger partial charge in [-0.1, -0.05) is 44.2 Å². The summed E-state index contributed by atoms with van der Waals surface area (Å²) in [5, 5.41) is 8.77. The molecule has 0 aliphatic rings. The van der Waals surface area contributed by atoms with E-state index >= 15 is 0 Å². The fraction of sp³-hybridized carbons (Fsp3) is 0.321. The van der Waals surface area contributed by atoms with Crippen LogP contribution in [0.15, 0.2) is 54.6 Å². The number of anilines is 1. The van der Waals surface area contributed by atoms with Crippen LogP contribution in [0, 0.1) is 13.8 Å². The first kappa shape index (κ1) is 23.5. The lowest BCUT2D eigenvalue weighted by Crippen LogP contribution is -2.13. The predicted octanol–water partition coefficient (Wildman–Crippen LogP) is 6.13. The minimum atomic E-state index is -0.0315. The smallest absolute Gasteiger partial charge is 0.224 e. The molecule has 2 aromatic heterocycles. The van der Waals surface area contributed by atoms with E-state index in [0.717, 1.165) is 39.2 Å². The summed E-state index contributed by atoms with van der Waals surface area (Å²) >= 11 is 0. The molecule has 0 saturated heterocycles. The molecule has 0 aliphatic heterocycles. The number of ether oxygens (including phenoxy) is 1. The molecule has 0 fully saturated rings. The van der Waals surface area contributed by atoms with Crippen LogP contribution in [0.2, 0.25) is 0 Å². The van der Waals surface area contributed by atoms with Gasteiger partial charge in [-0.3, -0.25) is 4.79 Å². The molecule has 0 aliphatic carbocycles. The Morgan fingerprint density at radius 1 is 1.06 bits per heavy atom. The van der Waals surface area contributed by atoms with Gasteiger partial charge in [0.25, 0.3) is 0 Å². The van der Waals surface area contributed by atoms with Crippen molar-refractivity contribution in [2.24, 2.45) is 0 Å². The van der Waals surface area contributed by atoms with E-state index in [1.807, 2.05) is 61.0 Å². The van der Waals surface area contributed by atoms with E-state index < -0.39 is 0 Å². The molecule has 6 nitrogen and oxygen atoms in total. The molecular formula is C28H32N4O2. The standard InChI is InChI=1S/C28H32N4O2/c1-6-34-28-24(16-17-25(33)29-22-14-12-21(13-15-22)18(2)3)19(4)26-20(5)31-32(27(26)30-28)23-10-8-7-9-11-23/h7-15,18H,6,16-17H2,1-5H3,(H,29,33). The maximum absolute atomic E-state index is 12.7. The molecule has 4 aromatic rings. The van der Waals surface area contributed by atoms with Gasteiger partial charge in [0.15, 0.2) is 5.65 Å². The zero-order valence-electron chi connectivity index (χ0n) is 20.6. The Labute approximate surface area is 201 Å². The summed E-state index contributed by atoms with van der Waals surface area (Å²) in [5.41, 5.74) is 6.69. The normalized spacial score (nSPS) is 11.2. The lowest BCUT2D eigenvalue weighted by Gasteiger charge is -2.14. The molecule has 0 atom stereocenters. The van der Waals surface area contributed by atoms with E-state index in [2.05, 4.69) is 38.2 Å². The number of aryl methyl sites for hydroxylation is 2. The van der Waals surface area contributed by atoms with Gasteiger partial charge < -0.3 is 10.1 Å². The molecule has 0 radical (unpaired) electrons. The number of carbonyl (C=O) groups excluding carboxylic acids is 1. The lowest BCUT2D eigenvalue weighted by molar-refractivity contribution is -0.116. The Bertz CT molecular complexity index is 1290. The average molecular weight is 457 g/mol. The number of rotatable bonds is 8. The van der Waals surface area contributed by atoms with Gasteiger partial charge in [-0.15, -0.1) is 0 Å². The third-order valence-corrected chi connectivity index (χ3v) is 6.07. The molecule has 0 saturated carbocycles. The second-order valence-electron chi connectivity index (χ2n) is 8.81. The summed E-state index contributed by atoms with van der Waals surface area (Å²) in [5.74, 6) is 0.997. The van der Waals surface area contributed by atoms with Crippen molar-refractivity contribution < 1.29 is 9.53 Å². The van der Waals surface area contributed by atoms with Gasteiger partial charge in [-0.25, -0.2) is 4.68 Å². The van der Waals surface area contributed by atoms with Crippen LogP contribution >= 0.6 is 0 Å². The Kier molecular flexibility index (Phi) is 6.96. The first-order valence-electron chi connectivity index (χ1n) is 11.9. The summed E-state index contributed by atoms with van der Waals surface area (Å²) in [4.78, 5) is 17.6. The number of hydrogen-bond donors (Lipinski definition) is 1. The number of fused-ring (bicyclic) bond motifs is 1. The van der Waals surface area contributed by atoms with Crippen molar-refractivity contribution in [3.8, 4) is 11.6 Å². The first-order chi connectivity index (χ1) is 16.4. The molecule has 1 amide bonds. The zero-order valence-corrected chi connectivity index (χ0v) is 20.6. The second-order valence-corrected chi connectivity index (χ2v) is 8.81. The van der Waals surface area contributed by atoms with Crippen molar-refractivity contribution in [3.05, 3.63) is 77.0 Å². The first-order valence-corrected chi connectivity index (χ1v) is 11.9. The molecule has 2 aromatic carbocycles. The number of carbonyl (C=O) groups is 1. The topological polar surface area (TPSA) is 69.0 Å². The summed E-state index contributed by atoms with van der Waals surface area (Å²) < 4.78 is 7.79. The van der Waals surface area contributed by atoms with Crippen LogP contribution in [-0.4, -0.2) is 27.3 Å². The van der Waals surface area contributed by atoms with Gasteiger partial charge in [0, 0.05) is 23.1 Å². The highest BCUT2D eigenvalue weighted by Crippen LogP contribution is 2.32. The minimum Gasteiger partial charge on any atom is -0.478 e. The molecule has 176 valence electrons. The highest BCUT2D eigenvalue weighted by Gasteiger charge is 2.20. The monoisotopic (exact) mass is 456 g/mol. The van der Waals surface area contributed by atoms with Crippen LogP contribution < -0.4 is 10.1 Å². The van der Waals surface area contributed by atoms with Crippen molar-refractivity contribution in [2.75, 3.05) is 11.9 Å². The van der Waals surface area contributed by atoms with E-state index in [-0.39, 0.29) is 5.91 Å². The lowest BCUT2D eigenvalue weighted by atomic mass is 10.0. The zero-order chi connectivity index (χ0) is 24.2. The number of para-hydroxylation sites is 1. The maximum Gasteiger partial charge on any atom is 0.224 e. The number of hydrogen-bond acceptors (Lipinski definition) is 4. The highest BCUT2D eigenvalue weighted by molar-refractivity contribution is 5.91. The van der Waals surface area contributed by atoms with E-state index in [9.17, 15) is 4.79 Å². The maximum atomic E-state index is 12.7. The van der Waals surface area contributed by atoms with E-state index in [1.54, 1.807) is 0 Å². The second kappa shape index (κ2) is 10.1. The van der Waals surface area contributed by atoms with Crippen molar-refractivity contribution in [1.29, 1.82) is 0 Å². The van der Waals surface area contributed by atoms with Gasteiger partial charge in [-0.05, 0) is 68.5 Å². The van der Waals surface area contributed by atoms with Gasteiger partial charge in [0.2, 0.25) is 11.8 Å². The number of aromatic nitrogens is 3. The highest BCUT2D eigenvalue weighted by atomic mass is 16.5. The fourth-order valence-corrected chi connectivity index (χ4v) is 4.25. The van der Waals surface area contributed by atoms with Crippen LogP contribution in [0.4, 0.5) is 5.69 Å². The number of pyridine rings is 1. The molecule has 6 heteroatoms.